The summed E-state index contributed by atoms with van der Waals surface area (Å²) in [6, 6.07) is 12.3. The van der Waals surface area contributed by atoms with E-state index < -0.39 is 0 Å². The van der Waals surface area contributed by atoms with Crippen LogP contribution < -0.4 is 5.32 Å². The number of anilines is 1. The number of pyridine rings is 1. The number of nitrogens with one attached hydrogen (secondary N) is 1. The van der Waals surface area contributed by atoms with Gasteiger partial charge in [-0.25, -0.2) is 4.98 Å². The molecule has 0 amide bonds. The Labute approximate surface area is 182 Å². The molecule has 1 aliphatic carbocycles. The van der Waals surface area contributed by atoms with E-state index in [0.29, 0.717) is 11.8 Å². The van der Waals surface area contributed by atoms with E-state index in [1.807, 2.05) is 55.4 Å². The van der Waals surface area contributed by atoms with Gasteiger partial charge in [0.2, 0.25) is 0 Å². The highest BCUT2D eigenvalue weighted by molar-refractivity contribution is 6.35. The summed E-state index contributed by atoms with van der Waals surface area (Å²) in [4.78, 5) is 6.98. The average Bonchev–Trinajstić information content (AvgIpc) is 3.28. The van der Waals surface area contributed by atoms with E-state index in [1.165, 1.54) is 0 Å². The SMILES string of the molecule is CO[C@@H]1C[C@H]2CN(Cc3nn(C)c4cccc(Cl)c34)C[C@H]2C[C@H]1Nc1ccccn1. The second-order valence-electron chi connectivity index (χ2n) is 8.63. The predicted octanol–water partition coefficient (Wildman–Crippen LogP) is 3.96. The van der Waals surface area contributed by atoms with Crippen LogP contribution in [0.3, 0.4) is 0 Å². The summed E-state index contributed by atoms with van der Waals surface area (Å²) >= 11 is 6.51. The summed E-state index contributed by atoms with van der Waals surface area (Å²) in [5, 5.41) is 10.3. The Balaban J connectivity index is 1.30. The Kier molecular flexibility index (Phi) is 5.39. The molecule has 1 aromatic carbocycles. The monoisotopic (exact) mass is 425 g/mol. The Hall–Kier alpha value is -2.15. The van der Waals surface area contributed by atoms with Gasteiger partial charge in [-0.1, -0.05) is 23.7 Å². The van der Waals surface area contributed by atoms with Crippen molar-refractivity contribution in [2.75, 3.05) is 25.5 Å². The molecule has 1 saturated heterocycles. The van der Waals surface area contributed by atoms with Gasteiger partial charge in [0.05, 0.1) is 28.4 Å². The number of benzene rings is 1. The molecule has 5 rings (SSSR count). The fourth-order valence-corrected chi connectivity index (χ4v) is 5.64. The Morgan fingerprint density at radius 3 is 2.73 bits per heavy atom. The van der Waals surface area contributed by atoms with Crippen LogP contribution in [0.2, 0.25) is 5.02 Å². The minimum absolute atomic E-state index is 0.207. The maximum absolute atomic E-state index is 6.51. The molecular weight excluding hydrogens is 398 g/mol. The Morgan fingerprint density at radius 2 is 1.97 bits per heavy atom. The van der Waals surface area contributed by atoms with Crippen molar-refractivity contribution in [2.45, 2.75) is 31.5 Å². The van der Waals surface area contributed by atoms with Gasteiger partial charge in [0.25, 0.3) is 0 Å². The molecule has 7 heteroatoms. The molecule has 2 fully saturated rings. The van der Waals surface area contributed by atoms with Gasteiger partial charge >= 0.3 is 0 Å². The highest BCUT2D eigenvalue weighted by Gasteiger charge is 2.42. The predicted molar refractivity (Wildman–Crippen MR) is 120 cm³/mol. The minimum atomic E-state index is 0.207. The lowest BCUT2D eigenvalue weighted by molar-refractivity contribution is 0.0304. The fourth-order valence-electron chi connectivity index (χ4n) is 5.37. The maximum atomic E-state index is 6.51. The quantitative estimate of drug-likeness (QED) is 0.670. The Bertz CT molecular complexity index is 1020. The molecule has 2 aromatic heterocycles. The smallest absolute Gasteiger partial charge is 0.126 e. The van der Waals surface area contributed by atoms with Gasteiger partial charge in [0, 0.05) is 45.4 Å². The lowest BCUT2D eigenvalue weighted by Gasteiger charge is -2.37. The van der Waals surface area contributed by atoms with Crippen molar-refractivity contribution in [3.05, 3.63) is 53.3 Å². The molecule has 3 heterocycles. The third kappa shape index (κ3) is 3.68. The van der Waals surface area contributed by atoms with Crippen molar-refractivity contribution in [1.29, 1.82) is 0 Å². The van der Waals surface area contributed by atoms with Crippen LogP contribution in [0.25, 0.3) is 10.9 Å². The summed E-state index contributed by atoms with van der Waals surface area (Å²) in [6.07, 6.45) is 4.21. The number of methoxy groups -OCH3 is 1. The standard InChI is InChI=1S/C23H28ClN5O/c1-28-20-7-5-6-17(24)23(20)19(27-28)14-29-12-15-10-18(21(30-2)11-16(15)13-29)26-22-8-3-4-9-25-22/h3-9,15-16,18,21H,10-14H2,1-2H3,(H,25,26)/t15-,16+,18-,21-/m1/s1. The maximum Gasteiger partial charge on any atom is 0.126 e. The zero-order valence-corrected chi connectivity index (χ0v) is 18.2. The van der Waals surface area contributed by atoms with Crippen LogP contribution in [0.15, 0.2) is 42.6 Å². The number of likely N-dealkylation sites (tertiary alicyclic amines) is 1. The van der Waals surface area contributed by atoms with Crippen LogP contribution in [-0.2, 0) is 18.3 Å². The van der Waals surface area contributed by atoms with Crippen molar-refractivity contribution in [1.82, 2.24) is 19.7 Å². The zero-order valence-electron chi connectivity index (χ0n) is 17.5. The summed E-state index contributed by atoms with van der Waals surface area (Å²) in [5.41, 5.74) is 2.16. The molecule has 2 aliphatic rings. The molecule has 1 saturated carbocycles. The van der Waals surface area contributed by atoms with Crippen molar-refractivity contribution in [2.24, 2.45) is 18.9 Å². The average molecular weight is 426 g/mol. The van der Waals surface area contributed by atoms with Crippen LogP contribution in [0, 0.1) is 11.8 Å². The largest absolute Gasteiger partial charge is 0.379 e. The van der Waals surface area contributed by atoms with Crippen LogP contribution >= 0.6 is 11.6 Å². The van der Waals surface area contributed by atoms with E-state index in [2.05, 4.69) is 21.3 Å². The van der Waals surface area contributed by atoms with E-state index in [1.54, 1.807) is 0 Å². The number of aromatic nitrogens is 3. The summed E-state index contributed by atoms with van der Waals surface area (Å²) in [7, 11) is 3.82. The van der Waals surface area contributed by atoms with E-state index in [0.717, 1.165) is 59.9 Å². The van der Waals surface area contributed by atoms with Gasteiger partial charge in [-0.05, 0) is 48.9 Å². The molecule has 0 unspecified atom stereocenters. The van der Waals surface area contributed by atoms with E-state index in [4.69, 9.17) is 21.4 Å². The lowest BCUT2D eigenvalue weighted by atomic mass is 9.77. The van der Waals surface area contributed by atoms with Crippen molar-refractivity contribution in [3.63, 3.8) is 0 Å². The third-order valence-corrected chi connectivity index (χ3v) is 7.08. The topological polar surface area (TPSA) is 55.2 Å². The summed E-state index contributed by atoms with van der Waals surface area (Å²) in [6.45, 7) is 3.01. The van der Waals surface area contributed by atoms with E-state index in [-0.39, 0.29) is 12.1 Å². The van der Waals surface area contributed by atoms with Gasteiger partial charge in [0.1, 0.15) is 5.82 Å². The summed E-state index contributed by atoms with van der Waals surface area (Å²) in [5.74, 6) is 2.23. The molecule has 0 bridgehead atoms. The van der Waals surface area contributed by atoms with Crippen LogP contribution in [0.1, 0.15) is 18.5 Å². The number of fused-ring (bicyclic) bond motifs is 2. The van der Waals surface area contributed by atoms with E-state index in [9.17, 15) is 0 Å². The second kappa shape index (κ2) is 8.17. The van der Waals surface area contributed by atoms with E-state index >= 15 is 0 Å². The third-order valence-electron chi connectivity index (χ3n) is 6.77. The normalized spacial score (nSPS) is 26.8. The molecular formula is C23H28ClN5O. The van der Waals surface area contributed by atoms with Gasteiger partial charge in [-0.3, -0.25) is 9.58 Å². The van der Waals surface area contributed by atoms with Crippen molar-refractivity contribution >= 4 is 28.3 Å². The molecule has 6 nitrogen and oxygen atoms in total. The van der Waals surface area contributed by atoms with Crippen molar-refractivity contribution < 1.29 is 4.74 Å². The Morgan fingerprint density at radius 1 is 1.13 bits per heavy atom. The van der Waals surface area contributed by atoms with Gasteiger partial charge in [-0.2, -0.15) is 5.10 Å². The zero-order chi connectivity index (χ0) is 20.7. The molecule has 0 radical (unpaired) electrons. The molecule has 30 heavy (non-hydrogen) atoms. The van der Waals surface area contributed by atoms with Crippen LogP contribution in [-0.4, -0.2) is 52.0 Å². The minimum Gasteiger partial charge on any atom is -0.379 e. The van der Waals surface area contributed by atoms with Crippen LogP contribution in [0.4, 0.5) is 5.82 Å². The molecule has 1 aliphatic heterocycles. The molecule has 4 atom stereocenters. The first-order chi connectivity index (χ1) is 14.6. The molecule has 0 spiro atoms. The highest BCUT2D eigenvalue weighted by Crippen LogP contribution is 2.39. The van der Waals surface area contributed by atoms with Gasteiger partial charge in [-0.15, -0.1) is 0 Å². The lowest BCUT2D eigenvalue weighted by Crippen LogP contribution is -2.44. The van der Waals surface area contributed by atoms with Crippen LogP contribution in [0.5, 0.6) is 0 Å². The van der Waals surface area contributed by atoms with Gasteiger partial charge < -0.3 is 10.1 Å². The number of nitrogens with zero attached hydrogens (tertiary/aromatic N) is 4. The number of halogens is 1. The van der Waals surface area contributed by atoms with Crippen molar-refractivity contribution in [3.8, 4) is 0 Å². The molecule has 3 aromatic rings. The number of hydrogen-bond donors (Lipinski definition) is 1. The number of ether oxygens (including phenoxy) is 1. The first-order valence-corrected chi connectivity index (χ1v) is 11.0. The fraction of sp³-hybridized carbons (Fsp3) is 0.478. The first kappa shape index (κ1) is 19.8. The number of hydrogen-bond acceptors (Lipinski definition) is 5. The second-order valence-corrected chi connectivity index (χ2v) is 9.04. The number of aryl methyl sites for hydroxylation is 1. The molecule has 158 valence electrons. The van der Waals surface area contributed by atoms with Gasteiger partial charge in [0.15, 0.2) is 0 Å². The highest BCUT2D eigenvalue weighted by atomic mass is 35.5. The molecule has 1 N–H and O–H groups in total. The first-order valence-electron chi connectivity index (χ1n) is 10.6. The number of rotatable bonds is 5. The summed E-state index contributed by atoms with van der Waals surface area (Å²) < 4.78 is 7.81.